The first kappa shape index (κ1) is 16.6. The minimum atomic E-state index is -1.02. The highest BCUT2D eigenvalue weighted by atomic mass is 19.1. The SMILES string of the molecule is CCC(C(=O)NCc1cn(CC(=O)O)nn1)c1ccc(F)cc1. The van der Waals surface area contributed by atoms with E-state index in [-0.39, 0.29) is 30.7 Å². The summed E-state index contributed by atoms with van der Waals surface area (Å²) in [6.45, 7) is 1.74. The Kier molecular flexibility index (Phi) is 5.40. The molecule has 1 amide bonds. The predicted molar refractivity (Wildman–Crippen MR) is 78.9 cm³/mol. The Balaban J connectivity index is 1.95. The number of amides is 1. The smallest absolute Gasteiger partial charge is 0.325 e. The molecule has 0 fully saturated rings. The quantitative estimate of drug-likeness (QED) is 0.802. The predicted octanol–water partition coefficient (Wildman–Crippen LogP) is 1.31. The Morgan fingerprint density at radius 2 is 2.04 bits per heavy atom. The number of carboxylic acid groups (broad SMARTS) is 1. The van der Waals surface area contributed by atoms with Crippen molar-refractivity contribution in [1.29, 1.82) is 0 Å². The van der Waals surface area contributed by atoms with E-state index in [2.05, 4.69) is 15.6 Å². The number of carboxylic acids is 1. The van der Waals surface area contributed by atoms with Gasteiger partial charge in [0, 0.05) is 0 Å². The summed E-state index contributed by atoms with van der Waals surface area (Å²) in [5, 5.41) is 18.8. The average Bonchev–Trinajstić information content (AvgIpc) is 2.94. The Bertz CT molecular complexity index is 684. The lowest BCUT2D eigenvalue weighted by Crippen LogP contribution is -2.28. The lowest BCUT2D eigenvalue weighted by Gasteiger charge is -2.14. The molecule has 0 aliphatic heterocycles. The van der Waals surface area contributed by atoms with Crippen LogP contribution in [-0.4, -0.2) is 32.0 Å². The summed E-state index contributed by atoms with van der Waals surface area (Å²) in [5.41, 5.74) is 1.20. The third kappa shape index (κ3) is 4.60. The average molecular weight is 320 g/mol. The molecule has 1 aromatic carbocycles. The van der Waals surface area contributed by atoms with E-state index in [4.69, 9.17) is 5.11 Å². The maximum absolute atomic E-state index is 13.0. The van der Waals surface area contributed by atoms with Gasteiger partial charge in [-0.25, -0.2) is 9.07 Å². The van der Waals surface area contributed by atoms with E-state index in [0.717, 1.165) is 5.56 Å². The largest absolute Gasteiger partial charge is 0.480 e. The first-order valence-corrected chi connectivity index (χ1v) is 7.13. The van der Waals surface area contributed by atoms with Gasteiger partial charge in [-0.2, -0.15) is 0 Å². The molecule has 2 N–H and O–H groups in total. The van der Waals surface area contributed by atoms with Gasteiger partial charge in [0.1, 0.15) is 18.1 Å². The van der Waals surface area contributed by atoms with Crippen LogP contribution in [0, 0.1) is 5.82 Å². The number of rotatable bonds is 7. The van der Waals surface area contributed by atoms with Crippen LogP contribution in [0.5, 0.6) is 0 Å². The molecule has 1 atom stereocenters. The number of nitrogens with one attached hydrogen (secondary N) is 1. The molecule has 23 heavy (non-hydrogen) atoms. The van der Waals surface area contributed by atoms with E-state index in [1.807, 2.05) is 6.92 Å². The van der Waals surface area contributed by atoms with Gasteiger partial charge in [-0.15, -0.1) is 5.10 Å². The lowest BCUT2D eigenvalue weighted by atomic mass is 9.95. The molecular formula is C15H17FN4O3. The Hall–Kier alpha value is -2.77. The third-order valence-electron chi connectivity index (χ3n) is 3.32. The lowest BCUT2D eigenvalue weighted by molar-refractivity contribution is -0.138. The second-order valence-electron chi connectivity index (χ2n) is 5.03. The Labute approximate surface area is 132 Å². The summed E-state index contributed by atoms with van der Waals surface area (Å²) in [6, 6.07) is 5.82. The van der Waals surface area contributed by atoms with Gasteiger partial charge >= 0.3 is 5.97 Å². The summed E-state index contributed by atoms with van der Waals surface area (Å²) in [4.78, 5) is 22.8. The minimum Gasteiger partial charge on any atom is -0.480 e. The molecule has 1 heterocycles. The number of hydrogen-bond donors (Lipinski definition) is 2. The van der Waals surface area contributed by atoms with Crippen LogP contribution in [0.3, 0.4) is 0 Å². The monoisotopic (exact) mass is 320 g/mol. The number of carbonyl (C=O) groups excluding carboxylic acids is 1. The number of aromatic nitrogens is 3. The zero-order valence-corrected chi connectivity index (χ0v) is 12.6. The summed E-state index contributed by atoms with van der Waals surface area (Å²) in [7, 11) is 0. The molecule has 0 aliphatic rings. The number of halogens is 1. The molecule has 0 saturated carbocycles. The van der Waals surface area contributed by atoms with Gasteiger partial charge in [0.25, 0.3) is 0 Å². The normalized spacial score (nSPS) is 11.9. The zero-order valence-electron chi connectivity index (χ0n) is 12.6. The third-order valence-corrected chi connectivity index (χ3v) is 3.32. The highest BCUT2D eigenvalue weighted by Crippen LogP contribution is 2.20. The zero-order chi connectivity index (χ0) is 16.8. The Morgan fingerprint density at radius 1 is 1.35 bits per heavy atom. The van der Waals surface area contributed by atoms with Crippen LogP contribution in [0.2, 0.25) is 0 Å². The topological polar surface area (TPSA) is 97.1 Å². The van der Waals surface area contributed by atoms with Gasteiger partial charge in [0.15, 0.2) is 0 Å². The van der Waals surface area contributed by atoms with Gasteiger partial charge in [-0.05, 0) is 24.1 Å². The van der Waals surface area contributed by atoms with Gasteiger partial charge < -0.3 is 10.4 Å². The summed E-state index contributed by atoms with van der Waals surface area (Å²) < 4.78 is 14.1. The fraction of sp³-hybridized carbons (Fsp3) is 0.333. The molecular weight excluding hydrogens is 303 g/mol. The van der Waals surface area contributed by atoms with Crippen molar-refractivity contribution in [3.8, 4) is 0 Å². The van der Waals surface area contributed by atoms with Crippen LogP contribution in [0.15, 0.2) is 30.5 Å². The molecule has 1 unspecified atom stereocenters. The van der Waals surface area contributed by atoms with Gasteiger partial charge in [-0.1, -0.05) is 24.3 Å². The molecule has 0 bridgehead atoms. The maximum atomic E-state index is 13.0. The van der Waals surface area contributed by atoms with Crippen molar-refractivity contribution >= 4 is 11.9 Å². The van der Waals surface area contributed by atoms with Crippen molar-refractivity contribution in [3.63, 3.8) is 0 Å². The Morgan fingerprint density at radius 3 is 2.65 bits per heavy atom. The molecule has 0 spiro atoms. The van der Waals surface area contributed by atoms with Crippen molar-refractivity contribution in [2.45, 2.75) is 32.4 Å². The maximum Gasteiger partial charge on any atom is 0.325 e. The molecule has 2 aromatic rings. The number of benzene rings is 1. The first-order valence-electron chi connectivity index (χ1n) is 7.13. The van der Waals surface area contributed by atoms with Gasteiger partial charge in [0.05, 0.1) is 18.7 Å². The van der Waals surface area contributed by atoms with Gasteiger partial charge in [0.2, 0.25) is 5.91 Å². The standard InChI is InChI=1S/C15H17FN4O3/c1-2-13(10-3-5-11(16)6-4-10)15(23)17-7-12-8-20(19-18-12)9-14(21)22/h3-6,8,13H,2,7,9H2,1H3,(H,17,23)(H,21,22). The number of aliphatic carboxylic acids is 1. The van der Waals surface area contributed by atoms with E-state index in [1.54, 1.807) is 12.1 Å². The van der Waals surface area contributed by atoms with Crippen LogP contribution in [0.25, 0.3) is 0 Å². The van der Waals surface area contributed by atoms with E-state index in [0.29, 0.717) is 12.1 Å². The van der Waals surface area contributed by atoms with E-state index in [1.165, 1.54) is 23.0 Å². The molecule has 122 valence electrons. The molecule has 8 heteroatoms. The van der Waals surface area contributed by atoms with E-state index in [9.17, 15) is 14.0 Å². The second kappa shape index (κ2) is 7.48. The second-order valence-corrected chi connectivity index (χ2v) is 5.03. The van der Waals surface area contributed by atoms with Crippen LogP contribution in [0.1, 0.15) is 30.5 Å². The highest BCUT2D eigenvalue weighted by molar-refractivity contribution is 5.83. The van der Waals surface area contributed by atoms with Gasteiger partial charge in [-0.3, -0.25) is 9.59 Å². The van der Waals surface area contributed by atoms with Crippen LogP contribution < -0.4 is 5.32 Å². The number of carbonyl (C=O) groups is 2. The van der Waals surface area contributed by atoms with Crippen LogP contribution in [0.4, 0.5) is 4.39 Å². The van der Waals surface area contributed by atoms with Crippen molar-refractivity contribution in [2.24, 2.45) is 0 Å². The fourth-order valence-electron chi connectivity index (χ4n) is 2.20. The highest BCUT2D eigenvalue weighted by Gasteiger charge is 2.18. The molecule has 0 radical (unpaired) electrons. The van der Waals surface area contributed by atoms with E-state index < -0.39 is 5.97 Å². The first-order chi connectivity index (χ1) is 11.0. The molecule has 7 nitrogen and oxygen atoms in total. The van der Waals surface area contributed by atoms with Crippen molar-refractivity contribution < 1.29 is 19.1 Å². The molecule has 1 aromatic heterocycles. The minimum absolute atomic E-state index is 0.149. The fourth-order valence-corrected chi connectivity index (χ4v) is 2.20. The van der Waals surface area contributed by atoms with Crippen molar-refractivity contribution in [2.75, 3.05) is 0 Å². The summed E-state index contributed by atoms with van der Waals surface area (Å²) in [5.74, 6) is -1.96. The number of nitrogens with zero attached hydrogens (tertiary/aromatic N) is 3. The summed E-state index contributed by atoms with van der Waals surface area (Å²) in [6.07, 6.45) is 2.04. The molecule has 0 saturated heterocycles. The van der Waals surface area contributed by atoms with E-state index >= 15 is 0 Å². The summed E-state index contributed by atoms with van der Waals surface area (Å²) >= 11 is 0. The molecule has 0 aliphatic carbocycles. The van der Waals surface area contributed by atoms with Crippen LogP contribution in [-0.2, 0) is 22.7 Å². The number of hydrogen-bond acceptors (Lipinski definition) is 4. The molecule has 2 rings (SSSR count). The van der Waals surface area contributed by atoms with Crippen LogP contribution >= 0.6 is 0 Å². The van der Waals surface area contributed by atoms with Crippen molar-refractivity contribution in [3.05, 3.63) is 47.5 Å². The van der Waals surface area contributed by atoms with Crippen molar-refractivity contribution in [1.82, 2.24) is 20.3 Å².